The van der Waals surface area contributed by atoms with E-state index in [1.807, 2.05) is 12.1 Å². The standard InChI is InChI=1S/C22H25F5O2/c1-21(2,3)12-22(4,5)13-6-8-14(9-7-13)28-10-11-29-20-18(26)16(24)15(23)17(25)19(20)27/h6-9H,10-12H2,1-5H3. The van der Waals surface area contributed by atoms with Crippen molar-refractivity contribution in [3.05, 3.63) is 58.9 Å². The number of ether oxygens (including phenoxy) is 2. The van der Waals surface area contributed by atoms with Crippen molar-refractivity contribution >= 4 is 0 Å². The number of hydrogen-bond donors (Lipinski definition) is 0. The van der Waals surface area contributed by atoms with Crippen LogP contribution in [0.15, 0.2) is 24.3 Å². The third-order valence-electron chi connectivity index (χ3n) is 4.38. The molecule has 0 amide bonds. The van der Waals surface area contributed by atoms with E-state index in [9.17, 15) is 22.0 Å². The third kappa shape index (κ3) is 5.61. The van der Waals surface area contributed by atoms with Crippen molar-refractivity contribution in [2.24, 2.45) is 5.41 Å². The fraction of sp³-hybridized carbons (Fsp3) is 0.455. The van der Waals surface area contributed by atoms with Crippen molar-refractivity contribution < 1.29 is 31.4 Å². The molecule has 0 spiro atoms. The Hall–Kier alpha value is -2.31. The van der Waals surface area contributed by atoms with Crippen molar-refractivity contribution in [1.82, 2.24) is 0 Å². The Bertz CT molecular complexity index is 826. The first-order chi connectivity index (χ1) is 13.3. The maximum absolute atomic E-state index is 13.5. The summed E-state index contributed by atoms with van der Waals surface area (Å²) < 4.78 is 76.5. The van der Waals surface area contributed by atoms with Gasteiger partial charge >= 0.3 is 0 Å². The molecule has 29 heavy (non-hydrogen) atoms. The van der Waals surface area contributed by atoms with Gasteiger partial charge in [-0.15, -0.1) is 0 Å². The second-order valence-corrected chi connectivity index (χ2v) is 8.74. The van der Waals surface area contributed by atoms with Crippen LogP contribution in [0.2, 0.25) is 0 Å². The quantitative estimate of drug-likeness (QED) is 0.220. The van der Waals surface area contributed by atoms with Crippen LogP contribution < -0.4 is 9.47 Å². The van der Waals surface area contributed by atoms with Crippen LogP contribution in [0.25, 0.3) is 0 Å². The Morgan fingerprint density at radius 3 is 1.59 bits per heavy atom. The first-order valence-corrected chi connectivity index (χ1v) is 9.21. The van der Waals surface area contributed by atoms with Gasteiger partial charge in [-0.1, -0.05) is 46.8 Å². The molecule has 0 aromatic heterocycles. The van der Waals surface area contributed by atoms with Gasteiger partial charge in [-0.05, 0) is 34.9 Å². The first kappa shape index (κ1) is 23.0. The van der Waals surface area contributed by atoms with Gasteiger partial charge in [0.2, 0.25) is 29.1 Å². The molecule has 0 bridgehead atoms. The van der Waals surface area contributed by atoms with Crippen LogP contribution >= 0.6 is 0 Å². The van der Waals surface area contributed by atoms with Gasteiger partial charge in [0.25, 0.3) is 0 Å². The lowest BCUT2D eigenvalue weighted by Crippen LogP contribution is -2.24. The summed E-state index contributed by atoms with van der Waals surface area (Å²) in [6, 6.07) is 7.40. The van der Waals surface area contributed by atoms with Gasteiger partial charge < -0.3 is 9.47 Å². The molecule has 0 saturated carbocycles. The molecule has 2 nitrogen and oxygen atoms in total. The molecule has 0 unspecified atom stereocenters. The van der Waals surface area contributed by atoms with E-state index < -0.39 is 41.4 Å². The summed E-state index contributed by atoms with van der Waals surface area (Å²) in [5, 5.41) is 0. The van der Waals surface area contributed by atoms with Gasteiger partial charge in [-0.25, -0.2) is 13.2 Å². The fourth-order valence-corrected chi connectivity index (χ4v) is 3.44. The van der Waals surface area contributed by atoms with E-state index in [2.05, 4.69) is 34.6 Å². The molecule has 0 atom stereocenters. The molecule has 0 saturated heterocycles. The average Bonchev–Trinajstić information content (AvgIpc) is 2.62. The van der Waals surface area contributed by atoms with Crippen LogP contribution in [0.4, 0.5) is 22.0 Å². The molecule has 0 radical (unpaired) electrons. The van der Waals surface area contributed by atoms with E-state index in [1.165, 1.54) is 0 Å². The van der Waals surface area contributed by atoms with Crippen LogP contribution in [0.1, 0.15) is 46.6 Å². The molecule has 0 N–H and O–H groups in total. The lowest BCUT2D eigenvalue weighted by Gasteiger charge is -2.33. The fourth-order valence-electron chi connectivity index (χ4n) is 3.44. The summed E-state index contributed by atoms with van der Waals surface area (Å²) in [7, 11) is 0. The largest absolute Gasteiger partial charge is 0.490 e. The van der Waals surface area contributed by atoms with Crippen LogP contribution in [-0.4, -0.2) is 13.2 Å². The van der Waals surface area contributed by atoms with Crippen molar-refractivity contribution in [2.45, 2.75) is 46.5 Å². The number of rotatable bonds is 7. The maximum Gasteiger partial charge on any atom is 0.206 e. The summed E-state index contributed by atoms with van der Waals surface area (Å²) in [5.41, 5.74) is 1.27. The number of halogens is 5. The normalized spacial score (nSPS) is 12.2. The van der Waals surface area contributed by atoms with E-state index in [-0.39, 0.29) is 17.4 Å². The van der Waals surface area contributed by atoms with Crippen LogP contribution in [0.5, 0.6) is 11.5 Å². The van der Waals surface area contributed by atoms with Gasteiger partial charge in [0.1, 0.15) is 19.0 Å². The highest BCUT2D eigenvalue weighted by atomic mass is 19.2. The molecule has 0 aliphatic rings. The highest BCUT2D eigenvalue weighted by molar-refractivity contribution is 5.32. The van der Waals surface area contributed by atoms with Crippen LogP contribution in [0, 0.1) is 34.5 Å². The van der Waals surface area contributed by atoms with E-state index in [4.69, 9.17) is 9.47 Å². The second-order valence-electron chi connectivity index (χ2n) is 8.74. The molecule has 7 heteroatoms. The van der Waals surface area contributed by atoms with E-state index in [0.717, 1.165) is 12.0 Å². The zero-order chi connectivity index (χ0) is 22.0. The monoisotopic (exact) mass is 416 g/mol. The number of hydrogen-bond acceptors (Lipinski definition) is 2. The second kappa shape index (κ2) is 8.59. The Labute approximate surface area is 167 Å². The predicted molar refractivity (Wildman–Crippen MR) is 101 cm³/mol. The van der Waals surface area contributed by atoms with Crippen LogP contribution in [-0.2, 0) is 5.41 Å². The van der Waals surface area contributed by atoms with Gasteiger partial charge in [-0.2, -0.15) is 8.78 Å². The Morgan fingerprint density at radius 1 is 0.655 bits per heavy atom. The minimum Gasteiger partial charge on any atom is -0.490 e. The Kier molecular flexibility index (Phi) is 6.81. The Balaban J connectivity index is 1.96. The SMILES string of the molecule is CC(C)(C)CC(C)(C)c1ccc(OCCOc2c(F)c(F)c(F)c(F)c2F)cc1. The van der Waals surface area contributed by atoms with Crippen LogP contribution in [0.3, 0.4) is 0 Å². The molecular formula is C22H25F5O2. The molecule has 0 aliphatic heterocycles. The highest BCUT2D eigenvalue weighted by Gasteiger charge is 2.28. The minimum absolute atomic E-state index is 0.0360. The molecule has 0 heterocycles. The zero-order valence-electron chi connectivity index (χ0n) is 17.1. The molecule has 0 fully saturated rings. The molecule has 0 aliphatic carbocycles. The lowest BCUT2D eigenvalue weighted by atomic mass is 9.72. The van der Waals surface area contributed by atoms with E-state index in [0.29, 0.717) is 5.75 Å². The molecule has 2 rings (SSSR count). The maximum atomic E-state index is 13.5. The first-order valence-electron chi connectivity index (χ1n) is 9.21. The summed E-state index contributed by atoms with van der Waals surface area (Å²) in [4.78, 5) is 0. The molecule has 160 valence electrons. The average molecular weight is 416 g/mol. The smallest absolute Gasteiger partial charge is 0.206 e. The van der Waals surface area contributed by atoms with Gasteiger partial charge in [-0.3, -0.25) is 0 Å². The van der Waals surface area contributed by atoms with E-state index in [1.54, 1.807) is 12.1 Å². The summed E-state index contributed by atoms with van der Waals surface area (Å²) in [6.45, 7) is 10.3. The van der Waals surface area contributed by atoms with Gasteiger partial charge in [0.05, 0.1) is 0 Å². The predicted octanol–water partition coefficient (Wildman–Crippen LogP) is 6.55. The third-order valence-corrected chi connectivity index (χ3v) is 4.38. The van der Waals surface area contributed by atoms with Gasteiger partial charge in [0, 0.05) is 0 Å². The molecular weight excluding hydrogens is 391 g/mol. The van der Waals surface area contributed by atoms with Gasteiger partial charge in [0.15, 0.2) is 5.75 Å². The van der Waals surface area contributed by atoms with Crippen molar-refractivity contribution in [3.63, 3.8) is 0 Å². The zero-order valence-corrected chi connectivity index (χ0v) is 17.1. The summed E-state index contributed by atoms with van der Waals surface area (Å²) in [6.07, 6.45) is 0.982. The topological polar surface area (TPSA) is 18.5 Å². The number of benzene rings is 2. The molecule has 2 aromatic carbocycles. The minimum atomic E-state index is -2.22. The lowest BCUT2D eigenvalue weighted by molar-refractivity contribution is 0.198. The highest BCUT2D eigenvalue weighted by Crippen LogP contribution is 2.36. The van der Waals surface area contributed by atoms with Crippen molar-refractivity contribution in [2.75, 3.05) is 13.2 Å². The summed E-state index contributed by atoms with van der Waals surface area (Å²) >= 11 is 0. The van der Waals surface area contributed by atoms with Crippen molar-refractivity contribution in [1.29, 1.82) is 0 Å². The van der Waals surface area contributed by atoms with E-state index >= 15 is 0 Å². The Morgan fingerprint density at radius 2 is 1.10 bits per heavy atom. The molecule has 2 aromatic rings. The summed E-state index contributed by atoms with van der Waals surface area (Å²) in [5.74, 6) is -11.1. The van der Waals surface area contributed by atoms with Crippen molar-refractivity contribution in [3.8, 4) is 11.5 Å².